The van der Waals surface area contributed by atoms with E-state index in [9.17, 15) is 8.78 Å². The Morgan fingerprint density at radius 2 is 2.21 bits per heavy atom. The van der Waals surface area contributed by atoms with Gasteiger partial charge in [0.05, 0.1) is 11.7 Å². The minimum atomic E-state index is -0.440. The molecule has 0 amide bonds. The molecule has 3 rings (SSSR count). The molecular formula is C14H14F2N2S. The van der Waals surface area contributed by atoms with Crippen molar-refractivity contribution >= 4 is 11.3 Å². The topological polar surface area (TPSA) is 24.9 Å². The average Bonchev–Trinajstić information content (AvgIpc) is 3.01. The number of thiazole rings is 1. The first-order chi connectivity index (χ1) is 9.15. The van der Waals surface area contributed by atoms with Crippen LogP contribution >= 0.6 is 11.3 Å². The molecule has 0 unspecified atom stereocenters. The van der Waals surface area contributed by atoms with E-state index in [2.05, 4.69) is 10.3 Å². The second-order valence-corrected chi connectivity index (χ2v) is 5.96. The van der Waals surface area contributed by atoms with Crippen molar-refractivity contribution < 1.29 is 8.78 Å². The van der Waals surface area contributed by atoms with Crippen molar-refractivity contribution in [1.82, 2.24) is 10.3 Å². The SMILES string of the molecule is Cc1sc([C@@H]2CCCN2)nc1-c1cc(F)ccc1F. The summed E-state index contributed by atoms with van der Waals surface area (Å²) in [6.45, 7) is 2.89. The number of hydrogen-bond donors (Lipinski definition) is 1. The lowest BCUT2D eigenvalue weighted by Crippen LogP contribution is -2.12. The first-order valence-electron chi connectivity index (χ1n) is 6.31. The van der Waals surface area contributed by atoms with E-state index in [1.165, 1.54) is 6.07 Å². The van der Waals surface area contributed by atoms with Crippen molar-refractivity contribution in [3.8, 4) is 11.3 Å². The van der Waals surface area contributed by atoms with Crippen molar-refractivity contribution in [2.75, 3.05) is 6.54 Å². The third kappa shape index (κ3) is 2.40. The summed E-state index contributed by atoms with van der Waals surface area (Å²) in [5.41, 5.74) is 0.809. The number of nitrogens with one attached hydrogen (secondary N) is 1. The van der Waals surface area contributed by atoms with E-state index < -0.39 is 11.6 Å². The van der Waals surface area contributed by atoms with Gasteiger partial charge in [-0.25, -0.2) is 13.8 Å². The summed E-state index contributed by atoms with van der Waals surface area (Å²) in [4.78, 5) is 5.44. The number of benzene rings is 1. The lowest BCUT2D eigenvalue weighted by molar-refractivity contribution is 0.602. The predicted molar refractivity (Wildman–Crippen MR) is 72.2 cm³/mol. The monoisotopic (exact) mass is 280 g/mol. The van der Waals surface area contributed by atoms with E-state index in [4.69, 9.17) is 0 Å². The molecule has 1 atom stereocenters. The van der Waals surface area contributed by atoms with Crippen molar-refractivity contribution in [1.29, 1.82) is 0 Å². The molecule has 19 heavy (non-hydrogen) atoms. The first-order valence-corrected chi connectivity index (χ1v) is 7.13. The molecule has 2 aromatic rings. The number of aryl methyl sites for hydroxylation is 1. The predicted octanol–water partition coefficient (Wildman–Crippen LogP) is 3.82. The fourth-order valence-electron chi connectivity index (χ4n) is 2.39. The number of nitrogens with zero attached hydrogens (tertiary/aromatic N) is 1. The van der Waals surface area contributed by atoms with Gasteiger partial charge in [0, 0.05) is 10.4 Å². The highest BCUT2D eigenvalue weighted by molar-refractivity contribution is 7.12. The van der Waals surface area contributed by atoms with Crippen LogP contribution in [-0.4, -0.2) is 11.5 Å². The van der Waals surface area contributed by atoms with E-state index >= 15 is 0 Å². The van der Waals surface area contributed by atoms with Crippen LogP contribution in [0.15, 0.2) is 18.2 Å². The molecule has 1 aliphatic heterocycles. The third-order valence-electron chi connectivity index (χ3n) is 3.36. The van der Waals surface area contributed by atoms with Crippen LogP contribution in [0.5, 0.6) is 0 Å². The van der Waals surface area contributed by atoms with E-state index in [0.717, 1.165) is 41.4 Å². The van der Waals surface area contributed by atoms with Gasteiger partial charge in [-0.15, -0.1) is 11.3 Å². The fraction of sp³-hybridized carbons (Fsp3) is 0.357. The summed E-state index contributed by atoms with van der Waals surface area (Å²) in [6, 6.07) is 3.74. The van der Waals surface area contributed by atoms with E-state index in [1.807, 2.05) is 6.92 Å². The largest absolute Gasteiger partial charge is 0.308 e. The Kier molecular flexibility index (Phi) is 3.33. The van der Waals surface area contributed by atoms with Crippen LogP contribution in [0.2, 0.25) is 0 Å². The third-order valence-corrected chi connectivity index (χ3v) is 4.44. The summed E-state index contributed by atoms with van der Waals surface area (Å²) >= 11 is 1.56. The van der Waals surface area contributed by atoms with Gasteiger partial charge in [-0.05, 0) is 44.5 Å². The first kappa shape index (κ1) is 12.7. The Labute approximate surface area is 114 Å². The summed E-state index contributed by atoms with van der Waals surface area (Å²) in [7, 11) is 0. The van der Waals surface area contributed by atoms with Gasteiger partial charge in [-0.1, -0.05) is 0 Å². The summed E-state index contributed by atoms with van der Waals surface area (Å²) in [5.74, 6) is -0.870. The van der Waals surface area contributed by atoms with Crippen LogP contribution in [0.25, 0.3) is 11.3 Å². The van der Waals surface area contributed by atoms with Gasteiger partial charge in [0.15, 0.2) is 0 Å². The number of aromatic nitrogens is 1. The van der Waals surface area contributed by atoms with Crippen molar-refractivity contribution in [2.45, 2.75) is 25.8 Å². The molecule has 2 nitrogen and oxygen atoms in total. The fourth-order valence-corrected chi connectivity index (χ4v) is 3.44. The maximum absolute atomic E-state index is 13.8. The lowest BCUT2D eigenvalue weighted by Gasteiger charge is -2.04. The van der Waals surface area contributed by atoms with Gasteiger partial charge in [-0.3, -0.25) is 0 Å². The molecule has 1 N–H and O–H groups in total. The van der Waals surface area contributed by atoms with Crippen LogP contribution in [0.3, 0.4) is 0 Å². The normalized spacial score (nSPS) is 19.0. The standard InChI is InChI=1S/C14H14F2N2S/c1-8-13(10-7-9(15)4-5-11(10)16)18-14(19-8)12-3-2-6-17-12/h4-5,7,12,17H,2-3,6H2,1H3/t12-/m0/s1. The zero-order chi connectivity index (χ0) is 13.4. The Morgan fingerprint density at radius 1 is 1.37 bits per heavy atom. The van der Waals surface area contributed by atoms with Gasteiger partial charge in [0.25, 0.3) is 0 Å². The van der Waals surface area contributed by atoms with Crippen molar-refractivity contribution in [3.63, 3.8) is 0 Å². The highest BCUT2D eigenvalue weighted by Crippen LogP contribution is 2.34. The summed E-state index contributed by atoms with van der Waals surface area (Å²) in [5, 5.41) is 4.34. The molecule has 1 fully saturated rings. The highest BCUT2D eigenvalue weighted by atomic mass is 32.1. The number of hydrogen-bond acceptors (Lipinski definition) is 3. The Bertz CT molecular complexity index is 603. The molecule has 1 aromatic heterocycles. The molecule has 5 heteroatoms. The minimum absolute atomic E-state index is 0.248. The van der Waals surface area contributed by atoms with Crippen LogP contribution in [0.4, 0.5) is 8.78 Å². The zero-order valence-corrected chi connectivity index (χ0v) is 11.4. The molecular weight excluding hydrogens is 266 g/mol. The van der Waals surface area contributed by atoms with Gasteiger partial charge < -0.3 is 5.32 Å². The molecule has 0 saturated carbocycles. The molecule has 2 heterocycles. The molecule has 0 aliphatic carbocycles. The van der Waals surface area contributed by atoms with Crippen molar-refractivity contribution in [3.05, 3.63) is 39.7 Å². The Morgan fingerprint density at radius 3 is 2.95 bits per heavy atom. The van der Waals surface area contributed by atoms with Gasteiger partial charge in [-0.2, -0.15) is 0 Å². The maximum atomic E-state index is 13.8. The van der Waals surface area contributed by atoms with Crippen LogP contribution in [0.1, 0.15) is 28.8 Å². The number of halogens is 2. The van der Waals surface area contributed by atoms with E-state index in [1.54, 1.807) is 11.3 Å². The second-order valence-electron chi connectivity index (χ2n) is 4.73. The van der Waals surface area contributed by atoms with E-state index in [-0.39, 0.29) is 11.6 Å². The van der Waals surface area contributed by atoms with Gasteiger partial charge in [0.2, 0.25) is 0 Å². The molecule has 100 valence electrons. The quantitative estimate of drug-likeness (QED) is 0.904. The second kappa shape index (κ2) is 4.98. The highest BCUT2D eigenvalue weighted by Gasteiger charge is 2.22. The molecule has 0 bridgehead atoms. The molecule has 1 saturated heterocycles. The summed E-state index contributed by atoms with van der Waals surface area (Å²) < 4.78 is 27.1. The van der Waals surface area contributed by atoms with Crippen molar-refractivity contribution in [2.24, 2.45) is 0 Å². The molecule has 0 radical (unpaired) electrons. The molecule has 1 aliphatic rings. The smallest absolute Gasteiger partial charge is 0.132 e. The number of rotatable bonds is 2. The maximum Gasteiger partial charge on any atom is 0.132 e. The average molecular weight is 280 g/mol. The van der Waals surface area contributed by atoms with E-state index in [0.29, 0.717) is 5.69 Å². The Balaban J connectivity index is 2.02. The summed E-state index contributed by atoms with van der Waals surface area (Å²) in [6.07, 6.45) is 2.19. The molecule has 1 aromatic carbocycles. The molecule has 0 spiro atoms. The van der Waals surface area contributed by atoms with Gasteiger partial charge >= 0.3 is 0 Å². The minimum Gasteiger partial charge on any atom is -0.308 e. The zero-order valence-electron chi connectivity index (χ0n) is 10.5. The lowest BCUT2D eigenvalue weighted by atomic mass is 10.1. The Hall–Kier alpha value is -1.33. The van der Waals surface area contributed by atoms with Crippen LogP contribution < -0.4 is 5.32 Å². The van der Waals surface area contributed by atoms with Gasteiger partial charge in [0.1, 0.15) is 16.6 Å². The van der Waals surface area contributed by atoms with Crippen LogP contribution in [-0.2, 0) is 0 Å². The van der Waals surface area contributed by atoms with Crippen LogP contribution in [0, 0.1) is 18.6 Å².